The van der Waals surface area contributed by atoms with Crippen LogP contribution in [-0.2, 0) is 16.0 Å². The van der Waals surface area contributed by atoms with Gasteiger partial charge in [-0.3, -0.25) is 9.59 Å². The Morgan fingerprint density at radius 3 is 2.77 bits per heavy atom. The summed E-state index contributed by atoms with van der Waals surface area (Å²) in [5, 5.41) is 5.35. The van der Waals surface area contributed by atoms with E-state index in [1.165, 1.54) is 11.3 Å². The lowest BCUT2D eigenvalue weighted by atomic mass is 10.0. The van der Waals surface area contributed by atoms with E-state index in [0.29, 0.717) is 18.7 Å². The third-order valence-corrected chi connectivity index (χ3v) is 5.29. The molecule has 26 heavy (non-hydrogen) atoms. The zero-order valence-electron chi connectivity index (χ0n) is 14.8. The van der Waals surface area contributed by atoms with Crippen molar-refractivity contribution in [2.45, 2.75) is 31.5 Å². The predicted molar refractivity (Wildman–Crippen MR) is 94.1 cm³/mol. The number of anilines is 1. The highest BCUT2D eigenvalue weighted by molar-refractivity contribution is 5.96. The molecule has 0 aliphatic carbocycles. The quantitative estimate of drug-likeness (QED) is 0.801. The number of hydrogen-bond acceptors (Lipinski definition) is 5. The first kappa shape index (κ1) is 16.7. The molecule has 2 unspecified atom stereocenters. The average molecular weight is 358 g/mol. The van der Waals surface area contributed by atoms with E-state index in [4.69, 9.17) is 4.74 Å². The number of ether oxygens (including phenoxy) is 1. The van der Waals surface area contributed by atoms with E-state index in [1.54, 1.807) is 11.8 Å². The van der Waals surface area contributed by atoms with Crippen LogP contribution in [0.4, 0.5) is 10.5 Å². The molecule has 1 aromatic rings. The molecule has 2 saturated heterocycles. The summed E-state index contributed by atoms with van der Waals surface area (Å²) in [5.74, 6) is -0.292. The Balaban J connectivity index is 1.31. The number of benzene rings is 1. The van der Waals surface area contributed by atoms with Crippen molar-refractivity contribution >= 4 is 23.6 Å². The number of amides is 3. The van der Waals surface area contributed by atoms with Crippen LogP contribution in [0.5, 0.6) is 0 Å². The van der Waals surface area contributed by atoms with Crippen molar-refractivity contribution in [1.29, 1.82) is 0 Å². The SMILES string of the molecule is CC1OC(=O)NC1C(=O)NC1CN(C(=O)c2ccc3c(c2)CCN3C)C1. The number of fused-ring (bicyclic) bond motifs is 1. The second-order valence-corrected chi connectivity index (χ2v) is 7.16. The van der Waals surface area contributed by atoms with Crippen molar-refractivity contribution in [2.24, 2.45) is 0 Å². The van der Waals surface area contributed by atoms with Crippen molar-refractivity contribution in [3.63, 3.8) is 0 Å². The molecule has 138 valence electrons. The van der Waals surface area contributed by atoms with Gasteiger partial charge in [0, 0.05) is 37.9 Å². The lowest BCUT2D eigenvalue weighted by molar-refractivity contribution is -0.125. The summed E-state index contributed by atoms with van der Waals surface area (Å²) in [4.78, 5) is 39.9. The summed E-state index contributed by atoms with van der Waals surface area (Å²) < 4.78 is 4.91. The summed E-state index contributed by atoms with van der Waals surface area (Å²) in [7, 11) is 2.05. The fraction of sp³-hybridized carbons (Fsp3) is 0.500. The molecule has 0 radical (unpaired) electrons. The van der Waals surface area contributed by atoms with Crippen LogP contribution >= 0.6 is 0 Å². The van der Waals surface area contributed by atoms with Gasteiger partial charge in [-0.15, -0.1) is 0 Å². The highest BCUT2D eigenvalue weighted by Crippen LogP contribution is 2.28. The Morgan fingerprint density at radius 2 is 2.08 bits per heavy atom. The van der Waals surface area contributed by atoms with E-state index in [0.717, 1.165) is 13.0 Å². The molecule has 0 spiro atoms. The molecule has 3 aliphatic rings. The number of nitrogens with zero attached hydrogens (tertiary/aromatic N) is 2. The third-order valence-electron chi connectivity index (χ3n) is 5.29. The van der Waals surface area contributed by atoms with Crippen LogP contribution in [0.25, 0.3) is 0 Å². The van der Waals surface area contributed by atoms with Crippen LogP contribution < -0.4 is 15.5 Å². The number of hydrogen-bond donors (Lipinski definition) is 2. The second-order valence-electron chi connectivity index (χ2n) is 7.16. The maximum Gasteiger partial charge on any atom is 0.408 e. The first-order chi connectivity index (χ1) is 12.4. The highest BCUT2D eigenvalue weighted by atomic mass is 16.6. The van der Waals surface area contributed by atoms with Gasteiger partial charge in [0.2, 0.25) is 5.91 Å². The van der Waals surface area contributed by atoms with Gasteiger partial charge < -0.3 is 25.2 Å². The van der Waals surface area contributed by atoms with Gasteiger partial charge in [0.25, 0.3) is 5.91 Å². The van der Waals surface area contributed by atoms with Crippen molar-refractivity contribution in [2.75, 3.05) is 31.6 Å². The van der Waals surface area contributed by atoms with Crippen molar-refractivity contribution in [3.8, 4) is 0 Å². The average Bonchev–Trinajstić information content (AvgIpc) is 3.11. The van der Waals surface area contributed by atoms with Crippen LogP contribution in [0.1, 0.15) is 22.8 Å². The van der Waals surface area contributed by atoms with E-state index in [1.807, 2.05) is 18.2 Å². The van der Waals surface area contributed by atoms with Crippen molar-refractivity contribution in [3.05, 3.63) is 29.3 Å². The monoisotopic (exact) mass is 358 g/mol. The zero-order chi connectivity index (χ0) is 18.4. The standard InChI is InChI=1S/C18H22N4O4/c1-10-15(20-18(25)26-10)16(23)19-13-8-22(9-13)17(24)12-3-4-14-11(7-12)5-6-21(14)2/h3-4,7,10,13,15H,5-6,8-9H2,1-2H3,(H,19,23)(H,20,25). The van der Waals surface area contributed by atoms with Crippen LogP contribution in [0.3, 0.4) is 0 Å². The maximum atomic E-state index is 12.6. The normalized spacial score (nSPS) is 24.6. The molecule has 3 aliphatic heterocycles. The Bertz CT molecular complexity index is 774. The number of carbonyl (C=O) groups excluding carboxylic acids is 3. The summed E-state index contributed by atoms with van der Waals surface area (Å²) in [6.45, 7) is 3.59. The largest absolute Gasteiger partial charge is 0.444 e. The van der Waals surface area contributed by atoms with Crippen LogP contribution in [0, 0.1) is 0 Å². The van der Waals surface area contributed by atoms with E-state index >= 15 is 0 Å². The molecule has 0 aromatic heterocycles. The number of likely N-dealkylation sites (tertiary alicyclic amines) is 1. The number of nitrogens with one attached hydrogen (secondary N) is 2. The molecule has 3 amide bonds. The summed E-state index contributed by atoms with van der Waals surface area (Å²) in [6, 6.07) is 5.05. The molecule has 4 rings (SSSR count). The minimum Gasteiger partial charge on any atom is -0.444 e. The Labute approximate surface area is 151 Å². The van der Waals surface area contributed by atoms with Gasteiger partial charge in [-0.2, -0.15) is 0 Å². The third kappa shape index (κ3) is 2.85. The minimum absolute atomic E-state index is 0.0151. The predicted octanol–water partition coefficient (Wildman–Crippen LogP) is 0.116. The molecule has 2 N–H and O–H groups in total. The van der Waals surface area contributed by atoms with Gasteiger partial charge in [-0.1, -0.05) is 0 Å². The van der Waals surface area contributed by atoms with Crippen LogP contribution in [0.15, 0.2) is 18.2 Å². The Kier molecular flexibility index (Phi) is 3.97. The molecule has 2 atom stereocenters. The number of cyclic esters (lactones) is 1. The molecule has 0 bridgehead atoms. The minimum atomic E-state index is -0.680. The fourth-order valence-corrected chi connectivity index (χ4v) is 3.70. The number of alkyl carbamates (subject to hydrolysis) is 1. The maximum absolute atomic E-state index is 12.6. The summed E-state index contributed by atoms with van der Waals surface area (Å²) in [5.41, 5.74) is 3.08. The number of likely N-dealkylation sites (N-methyl/N-ethyl adjacent to an activating group) is 1. The lowest BCUT2D eigenvalue weighted by Gasteiger charge is -2.40. The first-order valence-corrected chi connectivity index (χ1v) is 8.83. The topological polar surface area (TPSA) is 91.0 Å². The molecular formula is C18H22N4O4. The smallest absolute Gasteiger partial charge is 0.408 e. The van der Waals surface area contributed by atoms with Gasteiger partial charge in [0.15, 0.2) is 0 Å². The van der Waals surface area contributed by atoms with Crippen molar-refractivity contribution in [1.82, 2.24) is 15.5 Å². The van der Waals surface area contributed by atoms with Crippen LogP contribution in [0.2, 0.25) is 0 Å². The zero-order valence-corrected chi connectivity index (χ0v) is 14.8. The second kappa shape index (κ2) is 6.19. The summed E-state index contributed by atoms with van der Waals surface area (Å²) in [6.07, 6.45) is -0.117. The van der Waals surface area contributed by atoms with Gasteiger partial charge in [-0.25, -0.2) is 4.79 Å². The van der Waals surface area contributed by atoms with Gasteiger partial charge in [0.1, 0.15) is 12.1 Å². The van der Waals surface area contributed by atoms with E-state index in [2.05, 4.69) is 22.6 Å². The van der Waals surface area contributed by atoms with Gasteiger partial charge in [-0.05, 0) is 37.1 Å². The summed E-state index contributed by atoms with van der Waals surface area (Å²) >= 11 is 0. The van der Waals surface area contributed by atoms with Gasteiger partial charge >= 0.3 is 6.09 Å². The first-order valence-electron chi connectivity index (χ1n) is 8.83. The molecule has 3 heterocycles. The highest BCUT2D eigenvalue weighted by Gasteiger charge is 2.39. The molecule has 0 saturated carbocycles. The number of rotatable bonds is 3. The fourth-order valence-electron chi connectivity index (χ4n) is 3.70. The molecular weight excluding hydrogens is 336 g/mol. The van der Waals surface area contributed by atoms with Crippen molar-refractivity contribution < 1.29 is 19.1 Å². The van der Waals surface area contributed by atoms with Crippen LogP contribution in [-0.4, -0.2) is 67.7 Å². The van der Waals surface area contributed by atoms with E-state index in [-0.39, 0.29) is 17.9 Å². The Morgan fingerprint density at radius 1 is 1.31 bits per heavy atom. The lowest BCUT2D eigenvalue weighted by Crippen LogP contribution is -2.63. The molecule has 1 aromatic carbocycles. The molecule has 2 fully saturated rings. The van der Waals surface area contributed by atoms with E-state index < -0.39 is 18.2 Å². The Hall–Kier alpha value is -2.77. The molecule has 8 nitrogen and oxygen atoms in total. The molecule has 8 heteroatoms. The number of carbonyl (C=O) groups is 3. The van der Waals surface area contributed by atoms with Gasteiger partial charge in [0.05, 0.1) is 6.04 Å². The van der Waals surface area contributed by atoms with E-state index in [9.17, 15) is 14.4 Å².